The Balaban J connectivity index is 2.70. The summed E-state index contributed by atoms with van der Waals surface area (Å²) in [6, 6.07) is 0. The molecule has 2 atom stereocenters. The summed E-state index contributed by atoms with van der Waals surface area (Å²) in [4.78, 5) is 0. The van der Waals surface area contributed by atoms with Crippen LogP contribution < -0.4 is 0 Å². The first kappa shape index (κ1) is 10.8. The van der Waals surface area contributed by atoms with Crippen molar-refractivity contribution < 1.29 is 0 Å². The third-order valence-corrected chi connectivity index (χ3v) is 4.01. The second-order valence-corrected chi connectivity index (χ2v) is 5.42. The molecule has 0 nitrogen and oxygen atoms in total. The molecule has 1 saturated carbocycles. The van der Waals surface area contributed by atoms with Crippen molar-refractivity contribution >= 4 is 0 Å². The molecule has 0 bridgehead atoms. The van der Waals surface area contributed by atoms with E-state index in [1.807, 2.05) is 0 Å². The minimum atomic E-state index is 0.596. The third kappa shape index (κ3) is 2.15. The molecule has 0 spiro atoms. The van der Waals surface area contributed by atoms with Gasteiger partial charge in [0.05, 0.1) is 0 Å². The molecule has 0 aromatic carbocycles. The molecular formula is C13H24. The van der Waals surface area contributed by atoms with Gasteiger partial charge in [0.25, 0.3) is 0 Å². The molecule has 0 aliphatic heterocycles. The number of rotatable bonds is 3. The first-order valence-electron chi connectivity index (χ1n) is 5.57. The first-order chi connectivity index (χ1) is 5.90. The van der Waals surface area contributed by atoms with Gasteiger partial charge in [0.2, 0.25) is 0 Å². The summed E-state index contributed by atoms with van der Waals surface area (Å²) in [5, 5.41) is 0. The van der Waals surface area contributed by atoms with Crippen molar-refractivity contribution in [2.24, 2.45) is 17.3 Å². The van der Waals surface area contributed by atoms with E-state index in [0.717, 1.165) is 11.8 Å². The van der Waals surface area contributed by atoms with Crippen molar-refractivity contribution in [2.45, 2.75) is 54.4 Å². The largest absolute Gasteiger partial charge is 0.0713 e. The van der Waals surface area contributed by atoms with Gasteiger partial charge >= 0.3 is 0 Å². The minimum absolute atomic E-state index is 0.596. The van der Waals surface area contributed by atoms with Crippen LogP contribution in [-0.2, 0) is 0 Å². The smallest absolute Gasteiger partial charge is 0.0146 e. The lowest BCUT2D eigenvalue weighted by Gasteiger charge is -2.14. The number of hydrogen-bond donors (Lipinski definition) is 0. The van der Waals surface area contributed by atoms with Crippen LogP contribution in [0.15, 0.2) is 11.1 Å². The van der Waals surface area contributed by atoms with E-state index in [1.54, 1.807) is 11.1 Å². The highest BCUT2D eigenvalue weighted by Gasteiger charge is 2.46. The molecule has 0 amide bonds. The quantitative estimate of drug-likeness (QED) is 0.564. The maximum atomic E-state index is 2.38. The highest BCUT2D eigenvalue weighted by Crippen LogP contribution is 2.56. The zero-order valence-electron chi connectivity index (χ0n) is 10.1. The Morgan fingerprint density at radius 3 is 2.15 bits per heavy atom. The number of allylic oxidation sites excluding steroid dienone is 2. The zero-order chi connectivity index (χ0) is 10.2. The fourth-order valence-electron chi connectivity index (χ4n) is 2.18. The van der Waals surface area contributed by atoms with E-state index in [4.69, 9.17) is 0 Å². The molecule has 13 heavy (non-hydrogen) atoms. The Kier molecular flexibility index (Phi) is 2.89. The van der Waals surface area contributed by atoms with Crippen LogP contribution in [0.5, 0.6) is 0 Å². The summed E-state index contributed by atoms with van der Waals surface area (Å²) in [5.41, 5.74) is 3.90. The molecule has 0 aromatic rings. The molecule has 0 N–H and O–H groups in total. The molecule has 0 saturated heterocycles. The molecule has 0 radical (unpaired) electrons. The lowest BCUT2D eigenvalue weighted by Crippen LogP contribution is -2.01. The minimum Gasteiger partial charge on any atom is -0.0713 e. The highest BCUT2D eigenvalue weighted by atomic mass is 14.5. The van der Waals surface area contributed by atoms with Gasteiger partial charge in [-0.3, -0.25) is 0 Å². The van der Waals surface area contributed by atoms with Crippen LogP contribution in [0, 0.1) is 17.3 Å². The van der Waals surface area contributed by atoms with Gasteiger partial charge in [0.15, 0.2) is 0 Å². The van der Waals surface area contributed by atoms with E-state index in [9.17, 15) is 0 Å². The summed E-state index contributed by atoms with van der Waals surface area (Å²) in [6.45, 7) is 14.0. The second kappa shape index (κ2) is 3.48. The molecule has 0 aromatic heterocycles. The van der Waals surface area contributed by atoms with Crippen molar-refractivity contribution in [3.05, 3.63) is 11.1 Å². The summed E-state index contributed by atoms with van der Waals surface area (Å²) >= 11 is 0. The van der Waals surface area contributed by atoms with Gasteiger partial charge < -0.3 is 0 Å². The second-order valence-electron chi connectivity index (χ2n) is 5.42. The molecule has 2 unspecified atom stereocenters. The predicted octanol–water partition coefficient (Wildman–Crippen LogP) is 4.42. The predicted molar refractivity (Wildman–Crippen MR) is 59.7 cm³/mol. The number of hydrogen-bond acceptors (Lipinski definition) is 0. The fourth-order valence-corrected chi connectivity index (χ4v) is 2.18. The van der Waals surface area contributed by atoms with Crippen LogP contribution in [-0.4, -0.2) is 0 Å². The average molecular weight is 180 g/mol. The Labute approximate surface area is 83.4 Å². The topological polar surface area (TPSA) is 0 Å². The molecule has 0 heterocycles. The van der Waals surface area contributed by atoms with Crippen LogP contribution in [0.2, 0.25) is 0 Å². The van der Waals surface area contributed by atoms with Crippen molar-refractivity contribution in [2.75, 3.05) is 0 Å². The Morgan fingerprint density at radius 1 is 1.38 bits per heavy atom. The summed E-state index contributed by atoms with van der Waals surface area (Å²) < 4.78 is 0. The molecule has 1 aliphatic carbocycles. The van der Waals surface area contributed by atoms with Crippen LogP contribution in [0.1, 0.15) is 54.4 Å². The van der Waals surface area contributed by atoms with Crippen LogP contribution in [0.3, 0.4) is 0 Å². The Morgan fingerprint density at radius 2 is 1.85 bits per heavy atom. The van der Waals surface area contributed by atoms with E-state index in [-0.39, 0.29) is 0 Å². The lowest BCUT2D eigenvalue weighted by atomic mass is 9.91. The Bertz CT molecular complexity index is 220. The van der Waals surface area contributed by atoms with Gasteiger partial charge in [-0.05, 0) is 43.9 Å². The monoisotopic (exact) mass is 180 g/mol. The highest BCUT2D eigenvalue weighted by molar-refractivity contribution is 5.23. The summed E-state index contributed by atoms with van der Waals surface area (Å²) in [6.07, 6.45) is 2.67. The molecule has 76 valence electrons. The van der Waals surface area contributed by atoms with E-state index in [1.165, 1.54) is 12.8 Å². The molecule has 0 heteroatoms. The normalized spacial score (nSPS) is 29.5. The van der Waals surface area contributed by atoms with E-state index in [0.29, 0.717) is 5.41 Å². The zero-order valence-corrected chi connectivity index (χ0v) is 10.1. The first-order valence-corrected chi connectivity index (χ1v) is 5.57. The molecule has 1 aliphatic rings. The third-order valence-electron chi connectivity index (χ3n) is 4.01. The van der Waals surface area contributed by atoms with Crippen molar-refractivity contribution in [1.29, 1.82) is 0 Å². The standard InChI is InChI=1S/C13H24/c1-7-9(2)10(3)11(4)12-8-13(12,5)6/h9,12H,7-8H2,1-6H3/b11-10+. The molecule has 1 rings (SSSR count). The van der Waals surface area contributed by atoms with Crippen molar-refractivity contribution in [1.82, 2.24) is 0 Å². The summed E-state index contributed by atoms with van der Waals surface area (Å²) in [7, 11) is 0. The van der Waals surface area contributed by atoms with Gasteiger partial charge in [0.1, 0.15) is 0 Å². The average Bonchev–Trinajstić information content (AvgIpc) is 2.71. The van der Waals surface area contributed by atoms with Gasteiger partial charge in [-0.1, -0.05) is 38.8 Å². The lowest BCUT2D eigenvalue weighted by molar-refractivity contribution is 0.579. The van der Waals surface area contributed by atoms with Gasteiger partial charge in [-0.2, -0.15) is 0 Å². The van der Waals surface area contributed by atoms with Gasteiger partial charge in [-0.25, -0.2) is 0 Å². The van der Waals surface area contributed by atoms with E-state index in [2.05, 4.69) is 41.5 Å². The van der Waals surface area contributed by atoms with Gasteiger partial charge in [0, 0.05) is 0 Å². The van der Waals surface area contributed by atoms with Crippen LogP contribution in [0.25, 0.3) is 0 Å². The van der Waals surface area contributed by atoms with Crippen LogP contribution in [0.4, 0.5) is 0 Å². The van der Waals surface area contributed by atoms with Crippen LogP contribution >= 0.6 is 0 Å². The van der Waals surface area contributed by atoms with E-state index < -0.39 is 0 Å². The maximum Gasteiger partial charge on any atom is -0.0146 e. The maximum absolute atomic E-state index is 2.38. The van der Waals surface area contributed by atoms with Crippen molar-refractivity contribution in [3.8, 4) is 0 Å². The van der Waals surface area contributed by atoms with E-state index >= 15 is 0 Å². The van der Waals surface area contributed by atoms with Crippen molar-refractivity contribution in [3.63, 3.8) is 0 Å². The fraction of sp³-hybridized carbons (Fsp3) is 0.846. The SMILES string of the molecule is CCC(C)/C(C)=C(\C)C1CC1(C)C. The molecule has 1 fully saturated rings. The molecular weight excluding hydrogens is 156 g/mol. The summed E-state index contributed by atoms with van der Waals surface area (Å²) in [5.74, 6) is 1.65. The van der Waals surface area contributed by atoms with Gasteiger partial charge in [-0.15, -0.1) is 0 Å². The Hall–Kier alpha value is -0.260.